The van der Waals surface area contributed by atoms with Gasteiger partial charge in [-0.2, -0.15) is 0 Å². The molecule has 1 N–H and O–H groups in total. The van der Waals surface area contributed by atoms with Gasteiger partial charge in [-0.1, -0.05) is 74.7 Å². The van der Waals surface area contributed by atoms with E-state index in [0.29, 0.717) is 11.1 Å². The van der Waals surface area contributed by atoms with Crippen LogP contribution in [-0.4, -0.2) is 11.1 Å². The number of hydrogen-bond donors (Lipinski definition) is 1. The second kappa shape index (κ2) is 9.60. The van der Waals surface area contributed by atoms with Crippen molar-refractivity contribution in [1.29, 1.82) is 0 Å². The van der Waals surface area contributed by atoms with Gasteiger partial charge < -0.3 is 5.32 Å². The first-order valence-corrected chi connectivity index (χ1v) is 10.9. The van der Waals surface area contributed by atoms with Crippen LogP contribution in [0.4, 0.5) is 0 Å². The average molecular weight is 338 g/mol. The van der Waals surface area contributed by atoms with Crippen LogP contribution in [0.15, 0.2) is 0 Å². The summed E-state index contributed by atoms with van der Waals surface area (Å²) < 4.78 is 0. The maximum Gasteiger partial charge on any atom is 0.0191 e. The van der Waals surface area contributed by atoms with Crippen molar-refractivity contribution in [2.45, 2.75) is 124 Å². The lowest BCUT2D eigenvalue weighted by molar-refractivity contribution is 0.0846. The Bertz CT molecular complexity index is 288. The van der Waals surface area contributed by atoms with E-state index < -0.39 is 0 Å². The molecule has 1 nitrogen and oxygen atoms in total. The Morgan fingerprint density at radius 2 is 0.833 bits per heavy atom. The second-order valence-corrected chi connectivity index (χ2v) is 10.6. The highest BCUT2D eigenvalue weighted by molar-refractivity contribution is 5.01. The maximum absolute atomic E-state index is 4.41. The van der Waals surface area contributed by atoms with E-state index in [-0.39, 0.29) is 0 Å². The highest BCUT2D eigenvalue weighted by Gasteiger charge is 2.42. The Hall–Kier alpha value is -0.0400. The first kappa shape index (κ1) is 22.0. The van der Waals surface area contributed by atoms with Crippen molar-refractivity contribution in [3.8, 4) is 0 Å². The molecule has 0 amide bonds. The standard InChI is InChI=1S/C23H47N/c1-18(2)14-22(15-19(3)4)12-10-9-11-13-23(24-22,16-20(5)6)17-21(7)8/h18-21,24H,9-17H2,1-8H3. The van der Waals surface area contributed by atoms with Gasteiger partial charge in [0.15, 0.2) is 0 Å². The zero-order valence-electron chi connectivity index (χ0n) is 18.2. The van der Waals surface area contributed by atoms with Gasteiger partial charge in [0.05, 0.1) is 0 Å². The largest absolute Gasteiger partial charge is 0.306 e. The minimum atomic E-state index is 0.354. The molecule has 1 fully saturated rings. The highest BCUT2D eigenvalue weighted by atomic mass is 15.1. The molecule has 0 aromatic rings. The van der Waals surface area contributed by atoms with E-state index >= 15 is 0 Å². The van der Waals surface area contributed by atoms with Crippen LogP contribution >= 0.6 is 0 Å². The van der Waals surface area contributed by atoms with Crippen LogP contribution in [0.25, 0.3) is 0 Å². The van der Waals surface area contributed by atoms with Crippen LogP contribution in [0, 0.1) is 23.7 Å². The van der Waals surface area contributed by atoms with E-state index in [4.69, 9.17) is 0 Å². The van der Waals surface area contributed by atoms with Gasteiger partial charge in [-0.15, -0.1) is 0 Å². The van der Waals surface area contributed by atoms with Gasteiger partial charge in [-0.3, -0.25) is 0 Å². The second-order valence-electron chi connectivity index (χ2n) is 10.6. The molecule has 0 saturated carbocycles. The van der Waals surface area contributed by atoms with Gasteiger partial charge in [0.25, 0.3) is 0 Å². The van der Waals surface area contributed by atoms with Crippen molar-refractivity contribution < 1.29 is 0 Å². The molecule has 1 aliphatic heterocycles. The van der Waals surface area contributed by atoms with Crippen molar-refractivity contribution in [3.05, 3.63) is 0 Å². The van der Waals surface area contributed by atoms with Gasteiger partial charge >= 0.3 is 0 Å². The summed E-state index contributed by atoms with van der Waals surface area (Å²) >= 11 is 0. The minimum absolute atomic E-state index is 0.354. The third-order valence-corrected chi connectivity index (χ3v) is 5.54. The smallest absolute Gasteiger partial charge is 0.0191 e. The molecule has 1 heterocycles. The van der Waals surface area contributed by atoms with E-state index in [9.17, 15) is 0 Å². The highest BCUT2D eigenvalue weighted by Crippen LogP contribution is 2.40. The normalized spacial score (nSPS) is 21.5. The van der Waals surface area contributed by atoms with Crippen LogP contribution in [0.1, 0.15) is 113 Å². The molecule has 0 aromatic heterocycles. The summed E-state index contributed by atoms with van der Waals surface area (Å²) in [5.74, 6) is 3.08. The lowest BCUT2D eigenvalue weighted by atomic mass is 9.70. The Morgan fingerprint density at radius 3 is 1.08 bits per heavy atom. The Morgan fingerprint density at radius 1 is 0.542 bits per heavy atom. The molecular weight excluding hydrogens is 290 g/mol. The third-order valence-electron chi connectivity index (χ3n) is 5.54. The lowest BCUT2D eigenvalue weighted by Crippen LogP contribution is -2.60. The van der Waals surface area contributed by atoms with Gasteiger partial charge in [-0.25, -0.2) is 0 Å². The molecule has 1 rings (SSSR count). The topological polar surface area (TPSA) is 12.0 Å². The number of rotatable bonds is 8. The van der Waals surface area contributed by atoms with Gasteiger partial charge in [-0.05, 0) is 62.2 Å². The molecule has 1 saturated heterocycles. The summed E-state index contributed by atoms with van der Waals surface area (Å²) in [5.41, 5.74) is 0.707. The Labute approximate surface area is 153 Å². The predicted molar refractivity (Wildman–Crippen MR) is 110 cm³/mol. The van der Waals surface area contributed by atoms with E-state index in [1.807, 2.05) is 0 Å². The third kappa shape index (κ3) is 7.46. The summed E-state index contributed by atoms with van der Waals surface area (Å²) in [4.78, 5) is 0. The molecular formula is C23H47N. The SMILES string of the molecule is CC(C)CC1(CC(C)C)CCCCCC(CC(C)C)(CC(C)C)N1. The Kier molecular flexibility index (Phi) is 8.80. The van der Waals surface area contributed by atoms with E-state index in [1.165, 1.54) is 57.8 Å². The predicted octanol–water partition coefficient (Wildman–Crippen LogP) is 7.20. The molecule has 0 aliphatic carbocycles. The molecule has 0 aromatic carbocycles. The zero-order valence-corrected chi connectivity index (χ0v) is 18.2. The monoisotopic (exact) mass is 337 g/mol. The first-order valence-electron chi connectivity index (χ1n) is 10.9. The fraction of sp³-hybridized carbons (Fsp3) is 1.00. The van der Waals surface area contributed by atoms with Crippen LogP contribution < -0.4 is 5.32 Å². The van der Waals surface area contributed by atoms with Crippen LogP contribution in [-0.2, 0) is 0 Å². The van der Waals surface area contributed by atoms with Gasteiger partial charge in [0, 0.05) is 11.1 Å². The quantitative estimate of drug-likeness (QED) is 0.493. The summed E-state index contributed by atoms with van der Waals surface area (Å²) in [6.45, 7) is 19.3. The summed E-state index contributed by atoms with van der Waals surface area (Å²) in [6, 6.07) is 0. The zero-order chi connectivity index (χ0) is 18.4. The van der Waals surface area contributed by atoms with Gasteiger partial charge in [0.2, 0.25) is 0 Å². The van der Waals surface area contributed by atoms with E-state index in [2.05, 4.69) is 60.7 Å². The fourth-order valence-corrected chi connectivity index (χ4v) is 5.70. The van der Waals surface area contributed by atoms with Crippen molar-refractivity contribution in [2.24, 2.45) is 23.7 Å². The van der Waals surface area contributed by atoms with Gasteiger partial charge in [0.1, 0.15) is 0 Å². The molecule has 1 heteroatoms. The summed E-state index contributed by atoms with van der Waals surface area (Å²) in [7, 11) is 0. The van der Waals surface area contributed by atoms with E-state index in [0.717, 1.165) is 23.7 Å². The van der Waals surface area contributed by atoms with Crippen LogP contribution in [0.5, 0.6) is 0 Å². The van der Waals surface area contributed by atoms with Crippen molar-refractivity contribution in [2.75, 3.05) is 0 Å². The minimum Gasteiger partial charge on any atom is -0.306 e. The first-order chi connectivity index (χ1) is 11.1. The van der Waals surface area contributed by atoms with Crippen molar-refractivity contribution in [3.63, 3.8) is 0 Å². The molecule has 24 heavy (non-hydrogen) atoms. The van der Waals surface area contributed by atoms with Crippen LogP contribution in [0.3, 0.4) is 0 Å². The molecule has 0 spiro atoms. The van der Waals surface area contributed by atoms with E-state index in [1.54, 1.807) is 0 Å². The molecule has 0 unspecified atom stereocenters. The van der Waals surface area contributed by atoms with Crippen LogP contribution in [0.2, 0.25) is 0 Å². The molecule has 0 atom stereocenters. The molecule has 144 valence electrons. The molecule has 0 bridgehead atoms. The molecule has 1 aliphatic rings. The average Bonchev–Trinajstić information content (AvgIpc) is 2.32. The number of nitrogens with one attached hydrogen (secondary N) is 1. The summed E-state index contributed by atoms with van der Waals surface area (Å²) in [6.07, 6.45) is 12.3. The van der Waals surface area contributed by atoms with Crippen molar-refractivity contribution in [1.82, 2.24) is 5.32 Å². The lowest BCUT2D eigenvalue weighted by Gasteiger charge is -2.50. The number of hydrogen-bond acceptors (Lipinski definition) is 1. The maximum atomic E-state index is 4.41. The molecule has 0 radical (unpaired) electrons. The Balaban J connectivity index is 3.18. The van der Waals surface area contributed by atoms with Crippen molar-refractivity contribution >= 4 is 0 Å². The summed E-state index contributed by atoms with van der Waals surface area (Å²) in [5, 5.41) is 4.41. The fourth-order valence-electron chi connectivity index (χ4n) is 5.70.